The molecule has 0 radical (unpaired) electrons. The van der Waals surface area contributed by atoms with E-state index in [1.807, 2.05) is 24.3 Å². The van der Waals surface area contributed by atoms with Crippen molar-refractivity contribution >= 4 is 11.7 Å². The van der Waals surface area contributed by atoms with Gasteiger partial charge in [0.25, 0.3) is 0 Å². The molecule has 2 rings (SSSR count). The molecule has 0 aliphatic heterocycles. The van der Waals surface area contributed by atoms with Gasteiger partial charge in [0, 0.05) is 0 Å². The number of benzene rings is 2. The summed E-state index contributed by atoms with van der Waals surface area (Å²) in [4.78, 5) is 11.6. The highest BCUT2D eigenvalue weighted by Gasteiger charge is 2.06. The molecule has 0 aromatic heterocycles. The van der Waals surface area contributed by atoms with Crippen LogP contribution in [0.25, 0.3) is 0 Å². The third-order valence-electron chi connectivity index (χ3n) is 2.82. The lowest BCUT2D eigenvalue weighted by Gasteiger charge is -2.09. The Morgan fingerprint density at radius 1 is 1.10 bits per heavy atom. The first-order chi connectivity index (χ1) is 10.2. The van der Waals surface area contributed by atoms with Gasteiger partial charge in [-0.1, -0.05) is 24.3 Å². The van der Waals surface area contributed by atoms with E-state index in [2.05, 4.69) is 0 Å². The van der Waals surface area contributed by atoms with Gasteiger partial charge >= 0.3 is 5.97 Å². The molecule has 21 heavy (non-hydrogen) atoms. The second-order valence-electron chi connectivity index (χ2n) is 4.34. The molecule has 0 bridgehead atoms. The van der Waals surface area contributed by atoms with Crippen LogP contribution >= 0.6 is 0 Å². The molecular weight excluding hydrogens is 270 g/mol. The summed E-state index contributed by atoms with van der Waals surface area (Å²) >= 11 is 0. The van der Waals surface area contributed by atoms with Crippen LogP contribution in [0.15, 0.2) is 48.5 Å². The number of nitrogens with two attached hydrogens (primary N) is 1. The highest BCUT2D eigenvalue weighted by molar-refractivity contribution is 5.71. The quantitative estimate of drug-likeness (QED) is 0.652. The summed E-state index contributed by atoms with van der Waals surface area (Å²) in [5.41, 5.74) is 7.07. The van der Waals surface area contributed by atoms with Crippen LogP contribution in [0.3, 0.4) is 0 Å². The predicted molar refractivity (Wildman–Crippen MR) is 79.1 cm³/mol. The van der Waals surface area contributed by atoms with Crippen molar-refractivity contribution in [1.82, 2.24) is 0 Å². The van der Waals surface area contributed by atoms with Gasteiger partial charge in [0.05, 0.1) is 12.8 Å². The zero-order valence-electron chi connectivity index (χ0n) is 11.7. The number of carbonyl (C=O) groups is 1. The van der Waals surface area contributed by atoms with E-state index in [0.29, 0.717) is 11.4 Å². The molecule has 2 aromatic carbocycles. The first kappa shape index (κ1) is 14.7. The van der Waals surface area contributed by atoms with E-state index in [1.54, 1.807) is 31.4 Å². The van der Waals surface area contributed by atoms with Crippen LogP contribution in [0.1, 0.15) is 5.56 Å². The van der Waals surface area contributed by atoms with Gasteiger partial charge < -0.3 is 19.9 Å². The molecule has 2 N–H and O–H groups in total. The molecular formula is C16H17NO4. The first-order valence-electron chi connectivity index (χ1n) is 6.45. The molecule has 0 fully saturated rings. The zero-order chi connectivity index (χ0) is 15.1. The first-order valence-corrected chi connectivity index (χ1v) is 6.45. The molecule has 0 saturated carbocycles. The number of ether oxygens (including phenoxy) is 3. The Bertz CT molecular complexity index is 595. The van der Waals surface area contributed by atoms with Gasteiger partial charge in [0.1, 0.15) is 18.1 Å². The van der Waals surface area contributed by atoms with Crippen molar-refractivity contribution in [3.05, 3.63) is 54.1 Å². The van der Waals surface area contributed by atoms with E-state index in [1.165, 1.54) is 0 Å². The number of esters is 1. The molecule has 5 heteroatoms. The van der Waals surface area contributed by atoms with Crippen LogP contribution < -0.4 is 15.2 Å². The molecule has 0 aliphatic rings. The number of nitrogen functional groups attached to an aromatic ring is 1. The number of anilines is 1. The second-order valence-corrected chi connectivity index (χ2v) is 4.34. The van der Waals surface area contributed by atoms with Crippen molar-refractivity contribution in [2.75, 3.05) is 19.5 Å². The lowest BCUT2D eigenvalue weighted by Crippen LogP contribution is -2.15. The summed E-state index contributed by atoms with van der Waals surface area (Å²) in [5.74, 6) is 0.779. The van der Waals surface area contributed by atoms with Gasteiger partial charge in [-0.3, -0.25) is 0 Å². The molecule has 0 amide bonds. The van der Waals surface area contributed by atoms with Gasteiger partial charge in [-0.05, 0) is 29.8 Å². The zero-order valence-corrected chi connectivity index (χ0v) is 11.7. The fraction of sp³-hybridized carbons (Fsp3) is 0.188. The fourth-order valence-electron chi connectivity index (χ4n) is 1.68. The van der Waals surface area contributed by atoms with E-state index in [9.17, 15) is 4.79 Å². The van der Waals surface area contributed by atoms with Gasteiger partial charge in [0.15, 0.2) is 6.61 Å². The Kier molecular flexibility index (Phi) is 5.04. The standard InChI is InChI=1S/C16H17NO4/c1-19-13-8-6-12(7-9-13)10-21-16(18)11-20-15-5-3-2-4-14(15)17/h2-9H,10-11,17H2,1H3. The summed E-state index contributed by atoms with van der Waals surface area (Å²) in [6.45, 7) is 0.0147. The van der Waals surface area contributed by atoms with E-state index in [0.717, 1.165) is 11.3 Å². The minimum atomic E-state index is -0.450. The predicted octanol–water partition coefficient (Wildman–Crippen LogP) is 2.40. The Balaban J connectivity index is 1.78. The smallest absolute Gasteiger partial charge is 0.344 e. The third-order valence-corrected chi connectivity index (χ3v) is 2.82. The van der Waals surface area contributed by atoms with Crippen molar-refractivity contribution in [3.63, 3.8) is 0 Å². The van der Waals surface area contributed by atoms with E-state index >= 15 is 0 Å². The average Bonchev–Trinajstić information content (AvgIpc) is 2.52. The molecule has 2 aromatic rings. The largest absolute Gasteiger partial charge is 0.497 e. The summed E-state index contributed by atoms with van der Waals surface area (Å²) in [5, 5.41) is 0. The van der Waals surface area contributed by atoms with Crippen LogP contribution in [-0.2, 0) is 16.1 Å². The van der Waals surface area contributed by atoms with Crippen molar-refractivity contribution in [2.24, 2.45) is 0 Å². The Morgan fingerprint density at radius 2 is 1.81 bits per heavy atom. The van der Waals surface area contributed by atoms with Gasteiger partial charge in [-0.25, -0.2) is 4.79 Å². The second kappa shape index (κ2) is 7.19. The number of para-hydroxylation sites is 2. The maximum absolute atomic E-state index is 11.6. The SMILES string of the molecule is COc1ccc(COC(=O)COc2ccccc2N)cc1. The van der Waals surface area contributed by atoms with Crippen LogP contribution in [0.2, 0.25) is 0 Å². The summed E-state index contributed by atoms with van der Waals surface area (Å²) in [6, 6.07) is 14.3. The molecule has 0 spiro atoms. The fourth-order valence-corrected chi connectivity index (χ4v) is 1.68. The summed E-state index contributed by atoms with van der Waals surface area (Å²) < 4.78 is 15.5. The molecule has 0 saturated heterocycles. The van der Waals surface area contributed by atoms with Crippen LogP contribution in [0.5, 0.6) is 11.5 Å². The van der Waals surface area contributed by atoms with Crippen molar-refractivity contribution in [3.8, 4) is 11.5 Å². The lowest BCUT2D eigenvalue weighted by atomic mass is 10.2. The molecule has 0 heterocycles. The van der Waals surface area contributed by atoms with E-state index < -0.39 is 5.97 Å². The molecule has 0 aliphatic carbocycles. The van der Waals surface area contributed by atoms with Crippen molar-refractivity contribution in [2.45, 2.75) is 6.61 Å². The molecule has 5 nitrogen and oxygen atoms in total. The van der Waals surface area contributed by atoms with E-state index in [-0.39, 0.29) is 13.2 Å². The van der Waals surface area contributed by atoms with Crippen LogP contribution in [0, 0.1) is 0 Å². The summed E-state index contributed by atoms with van der Waals surface area (Å²) in [6.07, 6.45) is 0. The average molecular weight is 287 g/mol. The summed E-state index contributed by atoms with van der Waals surface area (Å²) in [7, 11) is 1.60. The Morgan fingerprint density at radius 3 is 2.48 bits per heavy atom. The van der Waals surface area contributed by atoms with Gasteiger partial charge in [-0.15, -0.1) is 0 Å². The topological polar surface area (TPSA) is 70.8 Å². The van der Waals surface area contributed by atoms with Crippen molar-refractivity contribution in [1.29, 1.82) is 0 Å². The maximum atomic E-state index is 11.6. The maximum Gasteiger partial charge on any atom is 0.344 e. The number of carbonyl (C=O) groups excluding carboxylic acids is 1. The normalized spacial score (nSPS) is 9.95. The van der Waals surface area contributed by atoms with Gasteiger partial charge in [0.2, 0.25) is 0 Å². The highest BCUT2D eigenvalue weighted by Crippen LogP contribution is 2.19. The Hall–Kier alpha value is -2.69. The molecule has 0 unspecified atom stereocenters. The number of rotatable bonds is 6. The Labute approximate surface area is 123 Å². The lowest BCUT2D eigenvalue weighted by molar-refractivity contribution is -0.147. The van der Waals surface area contributed by atoms with Crippen molar-refractivity contribution < 1.29 is 19.0 Å². The van der Waals surface area contributed by atoms with Crippen LogP contribution in [0.4, 0.5) is 5.69 Å². The van der Waals surface area contributed by atoms with E-state index in [4.69, 9.17) is 19.9 Å². The number of hydrogen-bond acceptors (Lipinski definition) is 5. The molecule has 0 atom stereocenters. The minimum absolute atomic E-state index is 0.176. The number of methoxy groups -OCH3 is 1. The van der Waals surface area contributed by atoms with Crippen LogP contribution in [-0.4, -0.2) is 19.7 Å². The minimum Gasteiger partial charge on any atom is -0.497 e. The molecule has 110 valence electrons. The third kappa shape index (κ3) is 4.42. The van der Waals surface area contributed by atoms with Gasteiger partial charge in [-0.2, -0.15) is 0 Å². The monoisotopic (exact) mass is 287 g/mol. The number of hydrogen-bond donors (Lipinski definition) is 1. The highest BCUT2D eigenvalue weighted by atomic mass is 16.6.